The number of aryl methyl sites for hydroxylation is 1. The first-order valence-electron chi connectivity index (χ1n) is 7.81. The molecule has 0 radical (unpaired) electrons. The first-order chi connectivity index (χ1) is 10.2. The molecule has 4 nitrogen and oxygen atoms in total. The van der Waals surface area contributed by atoms with E-state index in [4.69, 9.17) is 0 Å². The van der Waals surface area contributed by atoms with E-state index in [2.05, 4.69) is 0 Å². The summed E-state index contributed by atoms with van der Waals surface area (Å²) in [6, 6.07) is 8.11. The predicted molar refractivity (Wildman–Crippen MR) is 87.6 cm³/mol. The lowest BCUT2D eigenvalue weighted by Crippen LogP contribution is -2.43. The lowest BCUT2D eigenvalue weighted by Gasteiger charge is -2.30. The maximum Gasteiger partial charge on any atom is 0.232 e. The number of rotatable bonds is 3. The zero-order chi connectivity index (χ0) is 16.5. The molecule has 0 saturated carbocycles. The monoisotopic (exact) mass is 302 g/mol. The van der Waals surface area contributed by atoms with Crippen molar-refractivity contribution in [2.24, 2.45) is 5.92 Å². The third kappa shape index (κ3) is 3.16. The molecule has 2 rings (SSSR count). The highest BCUT2D eigenvalue weighted by atomic mass is 16.2. The SMILES string of the molecule is Cc1ccc(C(C)(C)C(=O)N2CC[C@H](C(=O)N(C)C)C2)cc1. The molecule has 1 aliphatic rings. The molecular formula is C18H26N2O2. The molecule has 0 N–H and O–H groups in total. The van der Waals surface area contributed by atoms with Gasteiger partial charge in [-0.05, 0) is 32.8 Å². The Labute approximate surface area is 133 Å². The van der Waals surface area contributed by atoms with Crippen LogP contribution in [0.15, 0.2) is 24.3 Å². The number of carbonyl (C=O) groups is 2. The summed E-state index contributed by atoms with van der Waals surface area (Å²) in [5.74, 6) is 0.154. The number of carbonyl (C=O) groups excluding carboxylic acids is 2. The number of benzene rings is 1. The van der Waals surface area contributed by atoms with E-state index in [0.717, 1.165) is 12.0 Å². The quantitative estimate of drug-likeness (QED) is 0.859. The molecule has 0 spiro atoms. The van der Waals surface area contributed by atoms with Crippen LogP contribution >= 0.6 is 0 Å². The van der Waals surface area contributed by atoms with Crippen molar-refractivity contribution in [3.8, 4) is 0 Å². The van der Waals surface area contributed by atoms with Crippen molar-refractivity contribution in [2.75, 3.05) is 27.2 Å². The van der Waals surface area contributed by atoms with Crippen LogP contribution in [0.5, 0.6) is 0 Å². The Bertz CT molecular complexity index is 561. The summed E-state index contributed by atoms with van der Waals surface area (Å²) in [5, 5.41) is 0. The Morgan fingerprint density at radius 3 is 2.32 bits per heavy atom. The average molecular weight is 302 g/mol. The Morgan fingerprint density at radius 2 is 1.77 bits per heavy atom. The summed E-state index contributed by atoms with van der Waals surface area (Å²) >= 11 is 0. The molecule has 1 aliphatic heterocycles. The van der Waals surface area contributed by atoms with Crippen molar-refractivity contribution in [3.05, 3.63) is 35.4 Å². The van der Waals surface area contributed by atoms with E-state index in [1.807, 2.05) is 49.9 Å². The Kier molecular flexibility index (Phi) is 4.59. The normalized spacial score (nSPS) is 18.4. The molecule has 1 aromatic rings. The van der Waals surface area contributed by atoms with Gasteiger partial charge in [-0.3, -0.25) is 9.59 Å². The molecule has 1 atom stereocenters. The van der Waals surface area contributed by atoms with Gasteiger partial charge in [-0.15, -0.1) is 0 Å². The molecule has 0 unspecified atom stereocenters. The van der Waals surface area contributed by atoms with E-state index < -0.39 is 5.41 Å². The largest absolute Gasteiger partial charge is 0.349 e. The number of hydrogen-bond acceptors (Lipinski definition) is 2. The van der Waals surface area contributed by atoms with E-state index in [9.17, 15) is 9.59 Å². The van der Waals surface area contributed by atoms with Crippen molar-refractivity contribution >= 4 is 11.8 Å². The first-order valence-corrected chi connectivity index (χ1v) is 7.81. The highest BCUT2D eigenvalue weighted by molar-refractivity contribution is 5.88. The molecule has 0 aromatic heterocycles. The molecule has 1 saturated heterocycles. The van der Waals surface area contributed by atoms with Gasteiger partial charge in [-0.2, -0.15) is 0 Å². The Balaban J connectivity index is 2.11. The third-order valence-electron chi connectivity index (χ3n) is 4.57. The second kappa shape index (κ2) is 6.11. The Hall–Kier alpha value is -1.84. The smallest absolute Gasteiger partial charge is 0.232 e. The van der Waals surface area contributed by atoms with Crippen molar-refractivity contribution in [2.45, 2.75) is 32.6 Å². The van der Waals surface area contributed by atoms with Crippen LogP contribution in [0, 0.1) is 12.8 Å². The Morgan fingerprint density at radius 1 is 1.18 bits per heavy atom. The summed E-state index contributed by atoms with van der Waals surface area (Å²) < 4.78 is 0. The number of nitrogens with zero attached hydrogens (tertiary/aromatic N) is 2. The van der Waals surface area contributed by atoms with Gasteiger partial charge in [-0.25, -0.2) is 0 Å². The van der Waals surface area contributed by atoms with Gasteiger partial charge in [0, 0.05) is 27.2 Å². The van der Waals surface area contributed by atoms with Crippen molar-refractivity contribution in [3.63, 3.8) is 0 Å². The molecule has 120 valence electrons. The molecular weight excluding hydrogens is 276 g/mol. The molecule has 1 heterocycles. The standard InChI is InChI=1S/C18H26N2O2/c1-13-6-8-15(9-7-13)18(2,3)17(22)20-11-10-14(12-20)16(21)19(4)5/h6-9,14H,10-12H2,1-5H3/t14-/m0/s1. The van der Waals surface area contributed by atoms with Crippen molar-refractivity contribution in [1.29, 1.82) is 0 Å². The predicted octanol–water partition coefficient (Wildman–Crippen LogP) is 2.21. The lowest BCUT2D eigenvalue weighted by atomic mass is 9.83. The van der Waals surface area contributed by atoms with Crippen molar-refractivity contribution < 1.29 is 9.59 Å². The van der Waals surface area contributed by atoms with Gasteiger partial charge >= 0.3 is 0 Å². The second-order valence-electron chi connectivity index (χ2n) is 6.96. The average Bonchev–Trinajstić information content (AvgIpc) is 2.95. The van der Waals surface area contributed by atoms with Crippen LogP contribution in [-0.4, -0.2) is 48.8 Å². The van der Waals surface area contributed by atoms with Gasteiger partial charge in [0.2, 0.25) is 11.8 Å². The fourth-order valence-corrected chi connectivity index (χ4v) is 3.00. The molecule has 1 fully saturated rings. The fraction of sp³-hybridized carbons (Fsp3) is 0.556. The zero-order valence-electron chi connectivity index (χ0n) is 14.2. The molecule has 22 heavy (non-hydrogen) atoms. The third-order valence-corrected chi connectivity index (χ3v) is 4.57. The summed E-state index contributed by atoms with van der Waals surface area (Å²) in [6.07, 6.45) is 0.757. The topological polar surface area (TPSA) is 40.6 Å². The number of likely N-dealkylation sites (tertiary alicyclic amines) is 1. The highest BCUT2D eigenvalue weighted by Crippen LogP contribution is 2.29. The molecule has 4 heteroatoms. The first kappa shape index (κ1) is 16.5. The van der Waals surface area contributed by atoms with Crippen LogP contribution in [0.4, 0.5) is 0 Å². The van der Waals surface area contributed by atoms with Crippen LogP contribution in [0.1, 0.15) is 31.4 Å². The van der Waals surface area contributed by atoms with E-state index in [1.54, 1.807) is 19.0 Å². The molecule has 1 aromatic carbocycles. The maximum atomic E-state index is 12.9. The van der Waals surface area contributed by atoms with Crippen LogP contribution < -0.4 is 0 Å². The minimum Gasteiger partial charge on any atom is -0.349 e. The number of hydrogen-bond donors (Lipinski definition) is 0. The van der Waals surface area contributed by atoms with Crippen LogP contribution in [0.3, 0.4) is 0 Å². The minimum atomic E-state index is -0.566. The minimum absolute atomic E-state index is 0.0623. The summed E-state index contributed by atoms with van der Waals surface area (Å²) in [4.78, 5) is 28.4. The van der Waals surface area contributed by atoms with Crippen molar-refractivity contribution in [1.82, 2.24) is 9.80 Å². The lowest BCUT2D eigenvalue weighted by molar-refractivity contribution is -0.136. The van der Waals surface area contributed by atoms with Crippen LogP contribution in [0.2, 0.25) is 0 Å². The van der Waals surface area contributed by atoms with Gasteiger partial charge in [0.25, 0.3) is 0 Å². The van der Waals surface area contributed by atoms with Gasteiger partial charge in [-0.1, -0.05) is 29.8 Å². The second-order valence-corrected chi connectivity index (χ2v) is 6.96. The van der Waals surface area contributed by atoms with Crippen LogP contribution in [-0.2, 0) is 15.0 Å². The summed E-state index contributed by atoms with van der Waals surface area (Å²) in [6.45, 7) is 7.15. The van der Waals surface area contributed by atoms with Gasteiger partial charge < -0.3 is 9.80 Å². The molecule has 0 aliphatic carbocycles. The maximum absolute atomic E-state index is 12.9. The van der Waals surface area contributed by atoms with Gasteiger partial charge in [0.1, 0.15) is 0 Å². The summed E-state index contributed by atoms with van der Waals surface area (Å²) in [5.41, 5.74) is 1.64. The van der Waals surface area contributed by atoms with E-state index in [1.165, 1.54) is 5.56 Å². The highest BCUT2D eigenvalue weighted by Gasteiger charge is 2.39. The fourth-order valence-electron chi connectivity index (χ4n) is 3.00. The van der Waals surface area contributed by atoms with Gasteiger partial charge in [0.05, 0.1) is 11.3 Å². The molecule has 0 bridgehead atoms. The van der Waals surface area contributed by atoms with E-state index in [0.29, 0.717) is 13.1 Å². The van der Waals surface area contributed by atoms with Gasteiger partial charge in [0.15, 0.2) is 0 Å². The van der Waals surface area contributed by atoms with E-state index >= 15 is 0 Å². The molecule has 2 amide bonds. The number of amides is 2. The van der Waals surface area contributed by atoms with E-state index in [-0.39, 0.29) is 17.7 Å². The summed E-state index contributed by atoms with van der Waals surface area (Å²) in [7, 11) is 3.53. The van der Waals surface area contributed by atoms with Crippen LogP contribution in [0.25, 0.3) is 0 Å². The zero-order valence-corrected chi connectivity index (χ0v) is 14.2.